The first-order valence-corrected chi connectivity index (χ1v) is 9.90. The molecule has 1 aliphatic heterocycles. The topological polar surface area (TPSA) is 74.6 Å². The molecule has 6 nitrogen and oxygen atoms in total. The van der Waals surface area contributed by atoms with Gasteiger partial charge in [0.2, 0.25) is 0 Å². The van der Waals surface area contributed by atoms with Crippen molar-refractivity contribution in [2.75, 3.05) is 31.2 Å². The monoisotopic (exact) mass is 373 g/mol. The molecule has 1 aromatic carbocycles. The zero-order chi connectivity index (χ0) is 18.4. The van der Waals surface area contributed by atoms with Gasteiger partial charge in [-0.2, -0.15) is 0 Å². The summed E-state index contributed by atoms with van der Waals surface area (Å²) in [5.41, 5.74) is 0.801. The van der Waals surface area contributed by atoms with E-state index in [-0.39, 0.29) is 17.9 Å². The van der Waals surface area contributed by atoms with Crippen molar-refractivity contribution in [3.63, 3.8) is 0 Å². The summed E-state index contributed by atoms with van der Waals surface area (Å²) in [6, 6.07) is 11.0. The van der Waals surface area contributed by atoms with Gasteiger partial charge >= 0.3 is 6.03 Å². The number of urea groups is 1. The molecular weight excluding hydrogens is 350 g/mol. The fourth-order valence-corrected chi connectivity index (χ4v) is 3.51. The fourth-order valence-electron chi connectivity index (χ4n) is 3.05. The number of rotatable bonds is 5. The molecule has 0 aliphatic carbocycles. The quantitative estimate of drug-likeness (QED) is 0.784. The Hall–Kier alpha value is -2.41. The minimum absolute atomic E-state index is 0.0923. The second-order valence-electron chi connectivity index (χ2n) is 6.30. The third-order valence-electron chi connectivity index (χ3n) is 4.42. The van der Waals surface area contributed by atoms with Crippen molar-refractivity contribution in [1.29, 1.82) is 0 Å². The van der Waals surface area contributed by atoms with Gasteiger partial charge in [-0.15, -0.1) is 11.8 Å². The van der Waals surface area contributed by atoms with E-state index in [9.17, 15) is 9.59 Å². The summed E-state index contributed by atoms with van der Waals surface area (Å²) in [6.45, 7) is 1.90. The Morgan fingerprint density at radius 1 is 1.31 bits per heavy atom. The molecule has 3 rings (SSSR count). The summed E-state index contributed by atoms with van der Waals surface area (Å²) in [7, 11) is 0. The molecule has 1 aliphatic rings. The highest BCUT2D eigenvalue weighted by atomic mass is 32.2. The van der Waals surface area contributed by atoms with Gasteiger partial charge in [0.25, 0.3) is 5.91 Å². The van der Waals surface area contributed by atoms with Gasteiger partial charge in [0.1, 0.15) is 0 Å². The minimum atomic E-state index is -0.217. The number of piperidine rings is 1. The molecule has 0 spiro atoms. The van der Waals surface area contributed by atoms with Crippen LogP contribution in [0.2, 0.25) is 0 Å². The van der Waals surface area contributed by atoms with E-state index >= 15 is 0 Å². The number of carbonyl (C=O) groups is 2. The first kappa shape index (κ1) is 18.4. The number of furan rings is 1. The van der Waals surface area contributed by atoms with Crippen molar-refractivity contribution < 1.29 is 14.0 Å². The second kappa shape index (κ2) is 8.80. The van der Waals surface area contributed by atoms with Gasteiger partial charge in [0.05, 0.1) is 6.26 Å². The normalized spacial score (nSPS) is 17.0. The lowest BCUT2D eigenvalue weighted by atomic mass is 9.98. The number of anilines is 1. The molecule has 1 saturated heterocycles. The maximum atomic E-state index is 12.5. The van der Waals surface area contributed by atoms with E-state index in [0.717, 1.165) is 30.0 Å². The van der Waals surface area contributed by atoms with Gasteiger partial charge in [0, 0.05) is 30.2 Å². The Morgan fingerprint density at radius 2 is 2.19 bits per heavy atom. The lowest BCUT2D eigenvalue weighted by Gasteiger charge is -2.32. The lowest BCUT2D eigenvalue weighted by molar-refractivity contribution is 0.0911. The van der Waals surface area contributed by atoms with Crippen LogP contribution in [0.15, 0.2) is 52.0 Å². The summed E-state index contributed by atoms with van der Waals surface area (Å²) in [4.78, 5) is 27.4. The summed E-state index contributed by atoms with van der Waals surface area (Å²) in [5, 5.41) is 5.85. The maximum Gasteiger partial charge on any atom is 0.321 e. The van der Waals surface area contributed by atoms with Crippen molar-refractivity contribution in [3.8, 4) is 0 Å². The number of nitrogens with one attached hydrogen (secondary N) is 2. The van der Waals surface area contributed by atoms with Crippen LogP contribution in [-0.4, -0.2) is 42.7 Å². The largest absolute Gasteiger partial charge is 0.459 e. The molecule has 2 N–H and O–H groups in total. The number of likely N-dealkylation sites (tertiary alicyclic amines) is 1. The summed E-state index contributed by atoms with van der Waals surface area (Å²) >= 11 is 1.64. The first-order valence-electron chi connectivity index (χ1n) is 8.67. The van der Waals surface area contributed by atoms with E-state index in [0.29, 0.717) is 18.8 Å². The molecular formula is C19H23N3O3S. The zero-order valence-electron chi connectivity index (χ0n) is 14.7. The Bertz CT molecular complexity index is 748. The third kappa shape index (κ3) is 4.82. The standard InChI is InChI=1S/C19H23N3O3S/c1-26-16-7-2-6-15(11-16)21-19(24)22-9-3-5-14(13-22)12-20-18(23)17-8-4-10-25-17/h2,4,6-8,10-11,14H,3,5,9,12-13H2,1H3,(H,20,23)(H,21,24). The molecule has 7 heteroatoms. The second-order valence-corrected chi connectivity index (χ2v) is 7.18. The Balaban J connectivity index is 1.50. The van der Waals surface area contributed by atoms with Crippen molar-refractivity contribution >= 4 is 29.4 Å². The van der Waals surface area contributed by atoms with E-state index in [4.69, 9.17) is 4.42 Å². The molecule has 0 bridgehead atoms. The van der Waals surface area contributed by atoms with Crippen LogP contribution in [0.1, 0.15) is 23.4 Å². The average molecular weight is 373 g/mol. The molecule has 0 saturated carbocycles. The van der Waals surface area contributed by atoms with E-state index in [1.54, 1.807) is 23.9 Å². The fraction of sp³-hybridized carbons (Fsp3) is 0.368. The third-order valence-corrected chi connectivity index (χ3v) is 5.15. The SMILES string of the molecule is CSc1cccc(NC(=O)N2CCCC(CNC(=O)c3ccco3)C2)c1. The highest BCUT2D eigenvalue weighted by Crippen LogP contribution is 2.21. The first-order chi connectivity index (χ1) is 12.7. The molecule has 2 heterocycles. The number of carbonyl (C=O) groups excluding carboxylic acids is 2. The number of hydrogen-bond acceptors (Lipinski definition) is 4. The Morgan fingerprint density at radius 3 is 2.96 bits per heavy atom. The van der Waals surface area contributed by atoms with Gasteiger partial charge in [-0.25, -0.2) is 4.79 Å². The van der Waals surface area contributed by atoms with E-state index in [1.807, 2.05) is 35.4 Å². The summed E-state index contributed by atoms with van der Waals surface area (Å²) in [5.74, 6) is 0.334. The van der Waals surface area contributed by atoms with E-state index in [1.165, 1.54) is 6.26 Å². The number of amides is 3. The van der Waals surface area contributed by atoms with Crippen LogP contribution in [0.4, 0.5) is 10.5 Å². The number of hydrogen-bond donors (Lipinski definition) is 2. The van der Waals surface area contributed by atoms with Crippen LogP contribution in [0, 0.1) is 5.92 Å². The predicted molar refractivity (Wildman–Crippen MR) is 103 cm³/mol. The molecule has 3 amide bonds. The van der Waals surface area contributed by atoms with Crippen molar-refractivity contribution in [3.05, 3.63) is 48.4 Å². The van der Waals surface area contributed by atoms with Gasteiger partial charge in [-0.05, 0) is 55.3 Å². The number of benzene rings is 1. The highest BCUT2D eigenvalue weighted by Gasteiger charge is 2.24. The molecule has 0 radical (unpaired) electrons. The van der Waals surface area contributed by atoms with Crippen LogP contribution in [-0.2, 0) is 0 Å². The van der Waals surface area contributed by atoms with Crippen LogP contribution in [0.25, 0.3) is 0 Å². The molecule has 26 heavy (non-hydrogen) atoms. The molecule has 1 atom stereocenters. The van der Waals surface area contributed by atoms with Crippen LogP contribution in [0.5, 0.6) is 0 Å². The zero-order valence-corrected chi connectivity index (χ0v) is 15.6. The maximum absolute atomic E-state index is 12.5. The number of nitrogens with zero attached hydrogens (tertiary/aromatic N) is 1. The van der Waals surface area contributed by atoms with E-state index in [2.05, 4.69) is 10.6 Å². The van der Waals surface area contributed by atoms with Crippen LogP contribution < -0.4 is 10.6 Å². The minimum Gasteiger partial charge on any atom is -0.459 e. The number of thioether (sulfide) groups is 1. The molecule has 1 aromatic heterocycles. The Kier molecular flexibility index (Phi) is 6.22. The molecule has 2 aromatic rings. The van der Waals surface area contributed by atoms with Gasteiger partial charge in [-0.1, -0.05) is 6.07 Å². The van der Waals surface area contributed by atoms with Crippen LogP contribution >= 0.6 is 11.8 Å². The van der Waals surface area contributed by atoms with Gasteiger partial charge in [0.15, 0.2) is 5.76 Å². The van der Waals surface area contributed by atoms with Crippen molar-refractivity contribution in [1.82, 2.24) is 10.2 Å². The van der Waals surface area contributed by atoms with E-state index < -0.39 is 0 Å². The summed E-state index contributed by atoms with van der Waals surface area (Å²) < 4.78 is 5.09. The predicted octanol–water partition coefficient (Wildman–Crippen LogP) is 3.68. The molecule has 138 valence electrons. The highest BCUT2D eigenvalue weighted by molar-refractivity contribution is 7.98. The molecule has 1 unspecified atom stereocenters. The Labute approximate surface area is 157 Å². The molecule has 1 fully saturated rings. The average Bonchev–Trinajstić information content (AvgIpc) is 3.21. The lowest BCUT2D eigenvalue weighted by Crippen LogP contribution is -2.45. The van der Waals surface area contributed by atoms with Crippen molar-refractivity contribution in [2.45, 2.75) is 17.7 Å². The smallest absolute Gasteiger partial charge is 0.321 e. The van der Waals surface area contributed by atoms with Crippen LogP contribution in [0.3, 0.4) is 0 Å². The van der Waals surface area contributed by atoms with Gasteiger partial charge in [-0.3, -0.25) is 4.79 Å². The summed E-state index contributed by atoms with van der Waals surface area (Å²) in [6.07, 6.45) is 5.41. The van der Waals surface area contributed by atoms with Crippen molar-refractivity contribution in [2.24, 2.45) is 5.92 Å². The van der Waals surface area contributed by atoms with Gasteiger partial charge < -0.3 is 20.0 Å².